The second-order valence-electron chi connectivity index (χ2n) is 5.70. The van der Waals surface area contributed by atoms with Gasteiger partial charge >= 0.3 is 13.3 Å². The fourth-order valence-corrected chi connectivity index (χ4v) is 4.80. The molecule has 25 heavy (non-hydrogen) atoms. The Kier molecular flexibility index (Phi) is 3.90. The van der Waals surface area contributed by atoms with E-state index in [1.165, 1.54) is 0 Å². The normalized spacial score (nSPS) is 17.8. The number of ether oxygens (including phenoxy) is 1. The highest BCUT2D eigenvalue weighted by Crippen LogP contribution is 2.54. The lowest BCUT2D eigenvalue weighted by Gasteiger charge is -2.28. The van der Waals surface area contributed by atoms with Crippen molar-refractivity contribution in [2.45, 2.75) is 0 Å². The quantitative estimate of drug-likeness (QED) is 0.517. The summed E-state index contributed by atoms with van der Waals surface area (Å²) in [7, 11) is -3.35. The fourth-order valence-electron chi connectivity index (χ4n) is 2.87. The number of fused-ring (bicyclic) bond motifs is 3. The number of esters is 1. The Morgan fingerprint density at radius 2 is 1.48 bits per heavy atom. The number of rotatable bonds is 3. The van der Waals surface area contributed by atoms with Crippen molar-refractivity contribution in [1.82, 2.24) is 0 Å². The molecule has 1 heterocycles. The van der Waals surface area contributed by atoms with Crippen LogP contribution in [0.15, 0.2) is 78.9 Å². The average Bonchev–Trinajstić information content (AvgIpc) is 2.67. The van der Waals surface area contributed by atoms with Crippen molar-refractivity contribution < 1.29 is 18.6 Å². The van der Waals surface area contributed by atoms with E-state index < -0.39 is 13.3 Å². The summed E-state index contributed by atoms with van der Waals surface area (Å²) in [5.41, 5.74) is 2.15. The Morgan fingerprint density at radius 3 is 2.28 bits per heavy atom. The average molecular weight is 350 g/mol. The van der Waals surface area contributed by atoms with E-state index in [4.69, 9.17) is 9.26 Å². The topological polar surface area (TPSA) is 52.6 Å². The van der Waals surface area contributed by atoms with Crippen LogP contribution in [0.2, 0.25) is 0 Å². The number of para-hydroxylation sites is 1. The molecular formula is C20H15O4P. The summed E-state index contributed by atoms with van der Waals surface area (Å²) < 4.78 is 24.6. The lowest BCUT2D eigenvalue weighted by atomic mass is 10.0. The monoisotopic (exact) mass is 350 g/mol. The van der Waals surface area contributed by atoms with Crippen LogP contribution in [0.25, 0.3) is 11.1 Å². The van der Waals surface area contributed by atoms with E-state index >= 15 is 0 Å². The number of hydrogen-bond acceptors (Lipinski definition) is 4. The smallest absolute Gasteiger partial charge is 0.338 e. The van der Waals surface area contributed by atoms with Gasteiger partial charge in [0.05, 0.1) is 10.9 Å². The van der Waals surface area contributed by atoms with Crippen LogP contribution in [-0.2, 0) is 9.30 Å². The van der Waals surface area contributed by atoms with E-state index in [0.717, 1.165) is 11.1 Å². The van der Waals surface area contributed by atoms with Crippen molar-refractivity contribution >= 4 is 18.6 Å². The SMILES string of the molecule is O=C(OCP1(=O)Oc2ccccc2-c2ccccc21)c1ccccc1. The summed E-state index contributed by atoms with van der Waals surface area (Å²) in [5, 5.41) is 0.578. The van der Waals surface area contributed by atoms with E-state index in [2.05, 4.69) is 0 Å². The molecule has 0 fully saturated rings. The summed E-state index contributed by atoms with van der Waals surface area (Å²) in [6, 6.07) is 23.4. The van der Waals surface area contributed by atoms with Crippen LogP contribution in [-0.4, -0.2) is 12.3 Å². The first-order chi connectivity index (χ1) is 12.2. The van der Waals surface area contributed by atoms with Gasteiger partial charge < -0.3 is 9.26 Å². The summed E-state index contributed by atoms with van der Waals surface area (Å²) in [5.74, 6) is 0.0241. The molecule has 0 spiro atoms. The molecule has 0 saturated carbocycles. The molecule has 0 aromatic heterocycles. The van der Waals surface area contributed by atoms with Gasteiger partial charge in [0.15, 0.2) is 6.35 Å². The Hall–Kier alpha value is -2.84. The first kappa shape index (κ1) is 15.7. The van der Waals surface area contributed by atoms with E-state index in [-0.39, 0.29) is 6.35 Å². The summed E-state index contributed by atoms with van der Waals surface area (Å²) in [6.45, 7) is 0. The van der Waals surface area contributed by atoms with Gasteiger partial charge in [-0.3, -0.25) is 4.57 Å². The molecule has 124 valence electrons. The number of hydrogen-bond donors (Lipinski definition) is 0. The minimum absolute atomic E-state index is 0.300. The van der Waals surface area contributed by atoms with Crippen LogP contribution in [0.1, 0.15) is 10.4 Å². The van der Waals surface area contributed by atoms with Crippen LogP contribution in [0, 0.1) is 0 Å². The largest absolute Gasteiger partial charge is 0.450 e. The highest BCUT2D eigenvalue weighted by molar-refractivity contribution is 7.67. The van der Waals surface area contributed by atoms with Gasteiger partial charge in [-0.25, -0.2) is 4.79 Å². The second kappa shape index (κ2) is 6.23. The van der Waals surface area contributed by atoms with Gasteiger partial charge in [-0.2, -0.15) is 0 Å². The molecule has 0 amide bonds. The van der Waals surface area contributed by atoms with Gasteiger partial charge in [0, 0.05) is 5.56 Å². The van der Waals surface area contributed by atoms with Crippen LogP contribution in [0.4, 0.5) is 0 Å². The molecule has 0 radical (unpaired) electrons. The van der Waals surface area contributed by atoms with Crippen molar-refractivity contribution in [3.05, 3.63) is 84.4 Å². The summed E-state index contributed by atoms with van der Waals surface area (Å²) in [6.07, 6.45) is -0.300. The van der Waals surface area contributed by atoms with E-state index in [0.29, 0.717) is 16.6 Å². The number of benzene rings is 3. The highest BCUT2D eigenvalue weighted by atomic mass is 31.2. The molecule has 5 heteroatoms. The highest BCUT2D eigenvalue weighted by Gasteiger charge is 2.37. The van der Waals surface area contributed by atoms with Crippen LogP contribution >= 0.6 is 7.37 Å². The molecule has 1 unspecified atom stereocenters. The molecule has 3 aromatic rings. The molecule has 0 aliphatic carbocycles. The van der Waals surface area contributed by atoms with Gasteiger partial charge in [0.2, 0.25) is 0 Å². The molecule has 4 nitrogen and oxygen atoms in total. The van der Waals surface area contributed by atoms with Crippen molar-refractivity contribution in [2.24, 2.45) is 0 Å². The standard InChI is InChI=1S/C20H15O4P/c21-20(15-8-2-1-3-9-15)23-14-25(22)19-13-7-5-11-17(19)16-10-4-6-12-18(16)24-25/h1-13H,14H2. The van der Waals surface area contributed by atoms with Crippen molar-refractivity contribution in [2.75, 3.05) is 6.35 Å². The Bertz CT molecular complexity index is 982. The van der Waals surface area contributed by atoms with Crippen LogP contribution in [0.3, 0.4) is 0 Å². The van der Waals surface area contributed by atoms with Gasteiger partial charge in [0.25, 0.3) is 0 Å². The van der Waals surface area contributed by atoms with Gasteiger partial charge in [-0.1, -0.05) is 54.6 Å². The van der Waals surface area contributed by atoms with E-state index in [9.17, 15) is 9.36 Å². The third-order valence-corrected chi connectivity index (χ3v) is 6.15. The first-order valence-corrected chi connectivity index (χ1v) is 9.68. The van der Waals surface area contributed by atoms with Crippen molar-refractivity contribution in [1.29, 1.82) is 0 Å². The van der Waals surface area contributed by atoms with Crippen molar-refractivity contribution in [3.8, 4) is 16.9 Å². The van der Waals surface area contributed by atoms with E-state index in [1.54, 1.807) is 36.4 Å². The fraction of sp³-hybridized carbons (Fsp3) is 0.0500. The molecular weight excluding hydrogens is 335 g/mol. The predicted octanol–water partition coefficient (Wildman–Crippen LogP) is 4.46. The zero-order valence-corrected chi connectivity index (χ0v) is 14.2. The lowest BCUT2D eigenvalue weighted by molar-refractivity contribution is 0.0565. The third kappa shape index (κ3) is 2.86. The first-order valence-electron chi connectivity index (χ1n) is 7.87. The zero-order chi connectivity index (χ0) is 17.3. The molecule has 4 rings (SSSR count). The predicted molar refractivity (Wildman–Crippen MR) is 96.5 cm³/mol. The third-order valence-electron chi connectivity index (χ3n) is 4.07. The summed E-state index contributed by atoms with van der Waals surface area (Å²) >= 11 is 0. The molecule has 1 atom stereocenters. The van der Waals surface area contributed by atoms with E-state index in [1.807, 2.05) is 42.5 Å². The Morgan fingerprint density at radius 1 is 0.840 bits per heavy atom. The molecule has 0 N–H and O–H groups in total. The Balaban J connectivity index is 1.66. The molecule has 0 bridgehead atoms. The van der Waals surface area contributed by atoms with Gasteiger partial charge in [0.1, 0.15) is 5.75 Å². The maximum atomic E-state index is 13.5. The number of carbonyl (C=O) groups excluding carboxylic acids is 1. The molecule has 1 aliphatic heterocycles. The van der Waals surface area contributed by atoms with Crippen LogP contribution < -0.4 is 9.83 Å². The maximum Gasteiger partial charge on any atom is 0.338 e. The van der Waals surface area contributed by atoms with Gasteiger partial charge in [-0.15, -0.1) is 0 Å². The summed E-state index contributed by atoms with van der Waals surface area (Å²) in [4.78, 5) is 12.2. The van der Waals surface area contributed by atoms with Gasteiger partial charge in [-0.05, 0) is 29.8 Å². The second-order valence-corrected chi connectivity index (χ2v) is 7.97. The molecule has 3 aromatic carbocycles. The zero-order valence-electron chi connectivity index (χ0n) is 13.3. The Labute approximate surface area is 145 Å². The number of carbonyl (C=O) groups is 1. The minimum Gasteiger partial charge on any atom is -0.450 e. The maximum absolute atomic E-state index is 13.5. The van der Waals surface area contributed by atoms with Crippen molar-refractivity contribution in [3.63, 3.8) is 0 Å². The molecule has 1 aliphatic rings. The van der Waals surface area contributed by atoms with Crippen LogP contribution in [0.5, 0.6) is 5.75 Å². The minimum atomic E-state index is -3.35. The molecule has 0 saturated heterocycles. The lowest BCUT2D eigenvalue weighted by Crippen LogP contribution is -2.22.